The molecule has 0 saturated heterocycles. The molecule has 4 nitrogen and oxygen atoms in total. The summed E-state index contributed by atoms with van der Waals surface area (Å²) in [4.78, 5) is 0.382. The Morgan fingerprint density at radius 3 is 2.62 bits per heavy atom. The molecule has 2 unspecified atom stereocenters. The van der Waals surface area contributed by atoms with E-state index in [9.17, 15) is 8.42 Å². The summed E-state index contributed by atoms with van der Waals surface area (Å²) in [6.45, 7) is 4.91. The summed E-state index contributed by atoms with van der Waals surface area (Å²) in [5, 5.41) is 3.10. The second-order valence-electron chi connectivity index (χ2n) is 5.83. The van der Waals surface area contributed by atoms with Gasteiger partial charge in [-0.05, 0) is 55.5 Å². The Labute approximate surface area is 128 Å². The molecule has 0 spiro atoms. The predicted octanol–water partition coefficient (Wildman–Crippen LogP) is 2.44. The van der Waals surface area contributed by atoms with Crippen LogP contribution in [0.1, 0.15) is 44.2 Å². The van der Waals surface area contributed by atoms with E-state index < -0.39 is 10.0 Å². The van der Waals surface area contributed by atoms with Crippen molar-refractivity contribution in [1.29, 1.82) is 0 Å². The molecule has 2 N–H and O–H groups in total. The summed E-state index contributed by atoms with van der Waals surface area (Å²) >= 11 is 0. The maximum Gasteiger partial charge on any atom is 0.240 e. The molecule has 2 rings (SSSR count). The molecule has 21 heavy (non-hydrogen) atoms. The van der Waals surface area contributed by atoms with Crippen LogP contribution < -0.4 is 10.0 Å². The Bertz CT molecular complexity index is 584. The van der Waals surface area contributed by atoms with Crippen LogP contribution in [-0.2, 0) is 23.0 Å². The molecule has 1 fully saturated rings. The number of sulfonamides is 1. The number of aryl methyl sites for hydroxylation is 1. The van der Waals surface area contributed by atoms with Gasteiger partial charge in [0, 0.05) is 12.6 Å². The van der Waals surface area contributed by atoms with E-state index in [1.807, 2.05) is 13.1 Å². The normalized spacial score (nSPS) is 21.5. The van der Waals surface area contributed by atoms with E-state index in [4.69, 9.17) is 0 Å². The lowest BCUT2D eigenvalue weighted by atomic mass is 10.1. The van der Waals surface area contributed by atoms with Crippen LogP contribution in [0.4, 0.5) is 0 Å². The van der Waals surface area contributed by atoms with Gasteiger partial charge in [-0.3, -0.25) is 0 Å². The maximum atomic E-state index is 12.5. The summed E-state index contributed by atoms with van der Waals surface area (Å²) in [5.74, 6) is 0.525. The maximum absolute atomic E-state index is 12.5. The van der Waals surface area contributed by atoms with Crippen LogP contribution in [0.5, 0.6) is 0 Å². The molecule has 1 saturated carbocycles. The molecule has 0 amide bonds. The smallest absolute Gasteiger partial charge is 0.240 e. The first kappa shape index (κ1) is 16.5. The van der Waals surface area contributed by atoms with Crippen molar-refractivity contribution in [2.24, 2.45) is 5.92 Å². The SMILES string of the molecule is CCCC1CC1NS(=O)(=O)c1ccc(CC)c(CNC)c1. The third-order valence-corrected chi connectivity index (χ3v) is 5.61. The first-order valence-corrected chi connectivity index (χ1v) is 9.28. The van der Waals surface area contributed by atoms with Gasteiger partial charge in [0.25, 0.3) is 0 Å². The van der Waals surface area contributed by atoms with Crippen LogP contribution in [0.15, 0.2) is 23.1 Å². The molecule has 118 valence electrons. The summed E-state index contributed by atoms with van der Waals surface area (Å²) in [5.41, 5.74) is 2.25. The first-order valence-electron chi connectivity index (χ1n) is 7.80. The number of benzene rings is 1. The number of hydrogen-bond acceptors (Lipinski definition) is 3. The quantitative estimate of drug-likeness (QED) is 0.775. The van der Waals surface area contributed by atoms with Crippen molar-refractivity contribution < 1.29 is 8.42 Å². The summed E-state index contributed by atoms with van der Waals surface area (Å²) in [6.07, 6.45) is 4.10. The second kappa shape index (κ2) is 6.90. The molecular formula is C16H26N2O2S. The van der Waals surface area contributed by atoms with E-state index >= 15 is 0 Å². The largest absolute Gasteiger partial charge is 0.316 e. The highest BCUT2D eigenvalue weighted by Gasteiger charge is 2.39. The second-order valence-corrected chi connectivity index (χ2v) is 7.54. The zero-order chi connectivity index (χ0) is 15.5. The molecule has 1 aliphatic rings. The first-order chi connectivity index (χ1) is 10.0. The van der Waals surface area contributed by atoms with Crippen molar-refractivity contribution in [3.05, 3.63) is 29.3 Å². The van der Waals surface area contributed by atoms with Crippen LogP contribution >= 0.6 is 0 Å². The Hall–Kier alpha value is -0.910. The van der Waals surface area contributed by atoms with Gasteiger partial charge in [-0.15, -0.1) is 0 Å². The van der Waals surface area contributed by atoms with Crippen molar-refractivity contribution in [2.75, 3.05) is 7.05 Å². The van der Waals surface area contributed by atoms with Crippen LogP contribution in [0.3, 0.4) is 0 Å². The highest BCUT2D eigenvalue weighted by Crippen LogP contribution is 2.35. The van der Waals surface area contributed by atoms with Crippen molar-refractivity contribution in [1.82, 2.24) is 10.0 Å². The molecule has 1 aliphatic carbocycles. The van der Waals surface area contributed by atoms with Crippen molar-refractivity contribution in [3.8, 4) is 0 Å². The number of nitrogens with one attached hydrogen (secondary N) is 2. The fourth-order valence-electron chi connectivity index (χ4n) is 2.82. The van der Waals surface area contributed by atoms with Crippen LogP contribution in [0.2, 0.25) is 0 Å². The monoisotopic (exact) mass is 310 g/mol. The topological polar surface area (TPSA) is 58.2 Å². The van der Waals surface area contributed by atoms with Gasteiger partial charge in [0.05, 0.1) is 4.90 Å². The van der Waals surface area contributed by atoms with E-state index in [1.165, 1.54) is 5.56 Å². The zero-order valence-electron chi connectivity index (χ0n) is 13.1. The van der Waals surface area contributed by atoms with Gasteiger partial charge in [-0.25, -0.2) is 13.1 Å². The van der Waals surface area contributed by atoms with Crippen molar-refractivity contribution in [2.45, 2.75) is 57.0 Å². The highest BCUT2D eigenvalue weighted by molar-refractivity contribution is 7.89. The van der Waals surface area contributed by atoms with Gasteiger partial charge in [-0.1, -0.05) is 26.3 Å². The van der Waals surface area contributed by atoms with Gasteiger partial charge in [0.2, 0.25) is 10.0 Å². The van der Waals surface area contributed by atoms with Gasteiger partial charge < -0.3 is 5.32 Å². The Kier molecular flexibility index (Phi) is 5.41. The van der Waals surface area contributed by atoms with Crippen LogP contribution in [0.25, 0.3) is 0 Å². The van der Waals surface area contributed by atoms with Gasteiger partial charge in [0.1, 0.15) is 0 Å². The molecule has 0 heterocycles. The summed E-state index contributed by atoms with van der Waals surface area (Å²) < 4.78 is 27.8. The van der Waals surface area contributed by atoms with Gasteiger partial charge >= 0.3 is 0 Å². The minimum atomic E-state index is -3.39. The lowest BCUT2D eigenvalue weighted by Crippen LogP contribution is -2.27. The Balaban J connectivity index is 2.14. The van der Waals surface area contributed by atoms with E-state index in [2.05, 4.69) is 23.9 Å². The minimum Gasteiger partial charge on any atom is -0.316 e. The molecule has 1 aromatic rings. The standard InChI is InChI=1S/C16H26N2O2S/c1-4-6-13-10-16(13)18-21(19,20)15-8-7-12(5-2)14(9-15)11-17-3/h7-9,13,16-18H,4-6,10-11H2,1-3H3. The third kappa shape index (κ3) is 4.05. The molecule has 5 heteroatoms. The fourth-order valence-corrected chi connectivity index (χ4v) is 4.19. The average molecular weight is 310 g/mol. The molecule has 2 atom stereocenters. The molecule has 1 aromatic carbocycles. The van der Waals surface area contributed by atoms with E-state index in [0.717, 1.165) is 31.2 Å². The van der Waals surface area contributed by atoms with Crippen LogP contribution in [0, 0.1) is 5.92 Å². The van der Waals surface area contributed by atoms with Crippen molar-refractivity contribution in [3.63, 3.8) is 0 Å². The Morgan fingerprint density at radius 2 is 2.00 bits per heavy atom. The van der Waals surface area contributed by atoms with Crippen LogP contribution in [-0.4, -0.2) is 21.5 Å². The molecule has 0 aromatic heterocycles. The lowest BCUT2D eigenvalue weighted by molar-refractivity contribution is 0.573. The lowest BCUT2D eigenvalue weighted by Gasteiger charge is -2.12. The number of rotatable bonds is 8. The van der Waals surface area contributed by atoms with Gasteiger partial charge in [-0.2, -0.15) is 0 Å². The fraction of sp³-hybridized carbons (Fsp3) is 0.625. The predicted molar refractivity (Wildman–Crippen MR) is 85.7 cm³/mol. The molecular weight excluding hydrogens is 284 g/mol. The third-order valence-electron chi connectivity index (χ3n) is 4.12. The molecule has 0 aliphatic heterocycles. The summed E-state index contributed by atoms with van der Waals surface area (Å²) in [6, 6.07) is 5.58. The number of hydrogen-bond donors (Lipinski definition) is 2. The molecule has 0 bridgehead atoms. The van der Waals surface area contributed by atoms with Crippen molar-refractivity contribution >= 4 is 10.0 Å². The highest BCUT2D eigenvalue weighted by atomic mass is 32.2. The Morgan fingerprint density at radius 1 is 1.24 bits per heavy atom. The van der Waals surface area contributed by atoms with Gasteiger partial charge in [0.15, 0.2) is 0 Å². The van der Waals surface area contributed by atoms with E-state index in [1.54, 1.807) is 12.1 Å². The zero-order valence-corrected chi connectivity index (χ0v) is 14.0. The molecule has 0 radical (unpaired) electrons. The van der Waals surface area contributed by atoms with E-state index in [-0.39, 0.29) is 6.04 Å². The average Bonchev–Trinajstić information content (AvgIpc) is 3.16. The van der Waals surface area contributed by atoms with E-state index in [0.29, 0.717) is 17.4 Å². The minimum absolute atomic E-state index is 0.133. The summed E-state index contributed by atoms with van der Waals surface area (Å²) in [7, 11) is -1.52.